The molecule has 0 aliphatic rings. The Morgan fingerprint density at radius 1 is 1.45 bits per heavy atom. The van der Waals surface area contributed by atoms with Crippen molar-refractivity contribution in [2.24, 2.45) is 5.92 Å². The molecule has 0 aliphatic heterocycles. The number of hydrogen-bond acceptors (Lipinski definition) is 2. The molecule has 0 heterocycles. The fraction of sp³-hybridized carbons (Fsp3) is 0.889. The summed E-state index contributed by atoms with van der Waals surface area (Å²) in [6.07, 6.45) is 4.68. The molecule has 0 rings (SSSR count). The van der Waals surface area contributed by atoms with Gasteiger partial charge in [0.1, 0.15) is 0 Å². The van der Waals surface area contributed by atoms with E-state index in [2.05, 4.69) is 18.6 Å². The van der Waals surface area contributed by atoms with Crippen LogP contribution in [0.4, 0.5) is 0 Å². The molecular formula is C9H17O2. The standard InChI is InChI=1S/C9H17O2/c1-3-5-6-9(4-2)7-11-8-10/h9H,3-7H2,1-2H3. The molecule has 0 N–H and O–H groups in total. The molecule has 1 atom stereocenters. The van der Waals surface area contributed by atoms with Crippen molar-refractivity contribution in [2.45, 2.75) is 39.5 Å². The van der Waals surface area contributed by atoms with E-state index in [1.165, 1.54) is 19.3 Å². The van der Waals surface area contributed by atoms with Crippen LogP contribution in [0.3, 0.4) is 0 Å². The van der Waals surface area contributed by atoms with Gasteiger partial charge in [-0.3, -0.25) is 0 Å². The summed E-state index contributed by atoms with van der Waals surface area (Å²) >= 11 is 0. The van der Waals surface area contributed by atoms with Crippen LogP contribution < -0.4 is 0 Å². The third-order valence-electron chi connectivity index (χ3n) is 1.92. The molecule has 0 saturated heterocycles. The van der Waals surface area contributed by atoms with Crippen molar-refractivity contribution in [1.29, 1.82) is 0 Å². The highest BCUT2D eigenvalue weighted by atomic mass is 16.5. The zero-order chi connectivity index (χ0) is 8.53. The zero-order valence-electron chi connectivity index (χ0n) is 7.43. The van der Waals surface area contributed by atoms with Gasteiger partial charge in [0.15, 0.2) is 0 Å². The van der Waals surface area contributed by atoms with Gasteiger partial charge in [-0.25, -0.2) is 4.79 Å². The molecule has 0 saturated carbocycles. The molecule has 0 aromatic rings. The smallest absolute Gasteiger partial charge is 0.417 e. The molecule has 1 radical (unpaired) electrons. The third-order valence-corrected chi connectivity index (χ3v) is 1.92. The quantitative estimate of drug-likeness (QED) is 0.566. The minimum atomic E-state index is 0.538. The second-order valence-corrected chi connectivity index (χ2v) is 2.81. The summed E-state index contributed by atoms with van der Waals surface area (Å²) in [5.74, 6) is 0.538. The summed E-state index contributed by atoms with van der Waals surface area (Å²) in [6.45, 7) is 6.29. The fourth-order valence-corrected chi connectivity index (χ4v) is 1.05. The molecule has 11 heavy (non-hydrogen) atoms. The van der Waals surface area contributed by atoms with E-state index in [0.717, 1.165) is 12.8 Å². The summed E-state index contributed by atoms with van der Waals surface area (Å²) < 4.78 is 4.58. The molecule has 0 aliphatic carbocycles. The van der Waals surface area contributed by atoms with Crippen LogP contribution in [0, 0.1) is 5.92 Å². The van der Waals surface area contributed by atoms with E-state index in [4.69, 9.17) is 0 Å². The molecular weight excluding hydrogens is 140 g/mol. The first-order valence-corrected chi connectivity index (χ1v) is 4.34. The number of unbranched alkanes of at least 4 members (excludes halogenated alkanes) is 1. The Labute approximate surface area is 68.9 Å². The molecule has 0 spiro atoms. The van der Waals surface area contributed by atoms with E-state index in [1.807, 2.05) is 0 Å². The Morgan fingerprint density at radius 3 is 2.64 bits per heavy atom. The van der Waals surface area contributed by atoms with Gasteiger partial charge in [0.25, 0.3) is 0 Å². The van der Waals surface area contributed by atoms with Crippen molar-refractivity contribution in [3.05, 3.63) is 0 Å². The predicted octanol–water partition coefficient (Wildman–Crippen LogP) is 2.29. The summed E-state index contributed by atoms with van der Waals surface area (Å²) in [5.41, 5.74) is 0. The molecule has 1 unspecified atom stereocenters. The minimum Gasteiger partial charge on any atom is -0.457 e. The average Bonchev–Trinajstić information content (AvgIpc) is 2.05. The first-order chi connectivity index (χ1) is 5.35. The molecule has 0 bridgehead atoms. The first-order valence-electron chi connectivity index (χ1n) is 4.34. The highest BCUT2D eigenvalue weighted by Gasteiger charge is 2.05. The van der Waals surface area contributed by atoms with Crippen LogP contribution in [0.5, 0.6) is 0 Å². The summed E-state index contributed by atoms with van der Waals surface area (Å²) in [5, 5.41) is 0. The van der Waals surface area contributed by atoms with Crippen LogP contribution in [0.15, 0.2) is 0 Å². The fourth-order valence-electron chi connectivity index (χ4n) is 1.05. The van der Waals surface area contributed by atoms with Crippen molar-refractivity contribution in [1.82, 2.24) is 0 Å². The molecule has 2 nitrogen and oxygen atoms in total. The number of hydrogen-bond donors (Lipinski definition) is 0. The van der Waals surface area contributed by atoms with E-state index in [0.29, 0.717) is 12.5 Å². The number of rotatable bonds is 7. The second-order valence-electron chi connectivity index (χ2n) is 2.81. The average molecular weight is 157 g/mol. The lowest BCUT2D eigenvalue weighted by molar-refractivity contribution is 0.210. The Bertz CT molecular complexity index is 91.6. The zero-order valence-corrected chi connectivity index (χ0v) is 7.43. The summed E-state index contributed by atoms with van der Waals surface area (Å²) in [6, 6.07) is 0. The van der Waals surface area contributed by atoms with E-state index < -0.39 is 0 Å². The Balaban J connectivity index is 3.32. The molecule has 2 heteroatoms. The van der Waals surface area contributed by atoms with Crippen molar-refractivity contribution >= 4 is 6.47 Å². The lowest BCUT2D eigenvalue weighted by atomic mass is 10.0. The summed E-state index contributed by atoms with van der Waals surface area (Å²) in [7, 11) is 0. The first kappa shape index (κ1) is 10.5. The monoisotopic (exact) mass is 157 g/mol. The maximum absolute atomic E-state index is 9.75. The van der Waals surface area contributed by atoms with Gasteiger partial charge < -0.3 is 4.74 Å². The molecule has 65 valence electrons. The van der Waals surface area contributed by atoms with Crippen molar-refractivity contribution in [3.63, 3.8) is 0 Å². The molecule has 0 aromatic heterocycles. The topological polar surface area (TPSA) is 26.3 Å². The van der Waals surface area contributed by atoms with Crippen LogP contribution in [-0.4, -0.2) is 13.1 Å². The van der Waals surface area contributed by atoms with E-state index in [1.54, 1.807) is 0 Å². The van der Waals surface area contributed by atoms with Crippen molar-refractivity contribution in [2.75, 3.05) is 6.61 Å². The Hall–Kier alpha value is -0.530. The predicted molar refractivity (Wildman–Crippen MR) is 45.0 cm³/mol. The molecule has 0 amide bonds. The van der Waals surface area contributed by atoms with Gasteiger partial charge in [-0.05, 0) is 12.3 Å². The Morgan fingerprint density at radius 2 is 2.18 bits per heavy atom. The second kappa shape index (κ2) is 7.58. The maximum Gasteiger partial charge on any atom is 0.417 e. The highest BCUT2D eigenvalue weighted by Crippen LogP contribution is 2.11. The highest BCUT2D eigenvalue weighted by molar-refractivity contribution is 5.38. The van der Waals surface area contributed by atoms with Crippen molar-refractivity contribution < 1.29 is 9.53 Å². The Kier molecular flexibility index (Phi) is 7.21. The van der Waals surface area contributed by atoms with Gasteiger partial charge in [-0.1, -0.05) is 33.1 Å². The summed E-state index contributed by atoms with van der Waals surface area (Å²) in [4.78, 5) is 9.75. The van der Waals surface area contributed by atoms with Crippen LogP contribution in [0.2, 0.25) is 0 Å². The van der Waals surface area contributed by atoms with E-state index in [-0.39, 0.29) is 0 Å². The van der Waals surface area contributed by atoms with Crippen molar-refractivity contribution in [3.8, 4) is 0 Å². The van der Waals surface area contributed by atoms with Crippen LogP contribution in [-0.2, 0) is 9.53 Å². The lowest BCUT2D eigenvalue weighted by Gasteiger charge is -2.11. The van der Waals surface area contributed by atoms with Crippen LogP contribution in [0.25, 0.3) is 0 Å². The van der Waals surface area contributed by atoms with Gasteiger partial charge in [0.05, 0.1) is 6.61 Å². The van der Waals surface area contributed by atoms with Gasteiger partial charge in [-0.15, -0.1) is 0 Å². The lowest BCUT2D eigenvalue weighted by Crippen LogP contribution is -2.07. The SMILES string of the molecule is CCCCC(CC)CO[C]=O. The number of carbonyl (C=O) groups excluding carboxylic acids is 1. The largest absolute Gasteiger partial charge is 0.457 e. The normalized spacial score (nSPS) is 12.5. The third kappa shape index (κ3) is 5.89. The molecule has 0 fully saturated rings. The van der Waals surface area contributed by atoms with E-state index >= 15 is 0 Å². The van der Waals surface area contributed by atoms with Crippen LogP contribution >= 0.6 is 0 Å². The van der Waals surface area contributed by atoms with E-state index in [9.17, 15) is 4.79 Å². The molecule has 0 aromatic carbocycles. The van der Waals surface area contributed by atoms with Gasteiger partial charge in [0.2, 0.25) is 0 Å². The number of ether oxygens (including phenoxy) is 1. The minimum absolute atomic E-state index is 0.538. The van der Waals surface area contributed by atoms with Crippen LogP contribution in [0.1, 0.15) is 39.5 Å². The van der Waals surface area contributed by atoms with Gasteiger partial charge in [-0.2, -0.15) is 0 Å². The maximum atomic E-state index is 9.75. The van der Waals surface area contributed by atoms with Gasteiger partial charge in [0, 0.05) is 0 Å². The van der Waals surface area contributed by atoms with Gasteiger partial charge >= 0.3 is 6.47 Å².